The van der Waals surface area contributed by atoms with Crippen molar-refractivity contribution in [1.29, 1.82) is 0 Å². The second kappa shape index (κ2) is 4.45. The highest BCUT2D eigenvalue weighted by Gasteiger charge is 2.28. The van der Waals surface area contributed by atoms with Crippen LogP contribution in [0.1, 0.15) is 6.42 Å². The van der Waals surface area contributed by atoms with Crippen LogP contribution in [-0.4, -0.2) is 31.4 Å². The monoisotopic (exact) mass is 282 g/mol. The number of hydrogen-bond donors (Lipinski definition) is 0. The highest BCUT2D eigenvalue weighted by atomic mass is 79.9. The van der Waals surface area contributed by atoms with Crippen LogP contribution >= 0.6 is 15.9 Å². The van der Waals surface area contributed by atoms with Crippen LogP contribution < -0.4 is 9.80 Å². The van der Waals surface area contributed by atoms with Crippen molar-refractivity contribution < 1.29 is 4.79 Å². The molecule has 1 aromatic rings. The Balaban J connectivity index is 2.27. The van der Waals surface area contributed by atoms with E-state index < -0.39 is 0 Å². The van der Waals surface area contributed by atoms with E-state index in [1.165, 1.54) is 0 Å². The molecule has 86 valence electrons. The van der Waals surface area contributed by atoms with E-state index in [1.54, 1.807) is 0 Å². The summed E-state index contributed by atoms with van der Waals surface area (Å²) in [7, 11) is 4.00. The number of carbonyl (C=O) groups excluding carboxylic acids is 1. The van der Waals surface area contributed by atoms with E-state index in [-0.39, 0.29) is 10.7 Å². The highest BCUT2D eigenvalue weighted by molar-refractivity contribution is 9.09. The highest BCUT2D eigenvalue weighted by Crippen LogP contribution is 2.27. The van der Waals surface area contributed by atoms with E-state index in [0.717, 1.165) is 17.9 Å². The first-order chi connectivity index (χ1) is 7.58. The van der Waals surface area contributed by atoms with Crippen LogP contribution in [0.25, 0.3) is 0 Å². The molecule has 1 saturated heterocycles. The molecule has 2 rings (SSSR count). The first-order valence-corrected chi connectivity index (χ1v) is 6.21. The zero-order valence-corrected chi connectivity index (χ0v) is 11.1. The maximum Gasteiger partial charge on any atom is 0.228 e. The van der Waals surface area contributed by atoms with E-state index in [4.69, 9.17) is 0 Å². The average molecular weight is 283 g/mol. The fraction of sp³-hybridized carbons (Fsp3) is 0.417. The summed E-state index contributed by atoms with van der Waals surface area (Å²) in [6.45, 7) is 0.760. The summed E-state index contributed by atoms with van der Waals surface area (Å²) >= 11 is 3.49. The predicted octanol–water partition coefficient (Wildman–Crippen LogP) is 2.25. The summed E-state index contributed by atoms with van der Waals surface area (Å²) in [6, 6.07) is 8.05. The minimum Gasteiger partial charge on any atom is -0.378 e. The van der Waals surface area contributed by atoms with Crippen LogP contribution in [0.4, 0.5) is 11.4 Å². The second-order valence-electron chi connectivity index (χ2n) is 4.22. The van der Waals surface area contributed by atoms with E-state index >= 15 is 0 Å². The summed E-state index contributed by atoms with van der Waals surface area (Å²) < 4.78 is 0. The minimum absolute atomic E-state index is 0.192. The van der Waals surface area contributed by atoms with Crippen molar-refractivity contribution in [2.75, 3.05) is 30.4 Å². The molecule has 1 aliphatic heterocycles. The lowest BCUT2D eigenvalue weighted by Gasteiger charge is -2.19. The number of benzene rings is 1. The maximum absolute atomic E-state index is 11.7. The van der Waals surface area contributed by atoms with Gasteiger partial charge in [0.05, 0.1) is 0 Å². The van der Waals surface area contributed by atoms with Crippen molar-refractivity contribution in [2.24, 2.45) is 0 Å². The van der Waals surface area contributed by atoms with Gasteiger partial charge in [0.2, 0.25) is 5.91 Å². The number of carbonyl (C=O) groups is 1. The summed E-state index contributed by atoms with van der Waals surface area (Å²) in [5.41, 5.74) is 2.10. The third-order valence-electron chi connectivity index (χ3n) is 2.74. The molecule has 0 bridgehead atoms. The number of amides is 1. The van der Waals surface area contributed by atoms with E-state index in [2.05, 4.69) is 15.9 Å². The van der Waals surface area contributed by atoms with Crippen molar-refractivity contribution in [1.82, 2.24) is 0 Å². The van der Waals surface area contributed by atoms with Gasteiger partial charge < -0.3 is 9.80 Å². The number of rotatable bonds is 2. The van der Waals surface area contributed by atoms with Crippen LogP contribution in [0.15, 0.2) is 24.3 Å². The molecule has 1 fully saturated rings. The Bertz CT molecular complexity index is 406. The van der Waals surface area contributed by atoms with Gasteiger partial charge in [0, 0.05) is 43.3 Å². The fourth-order valence-electron chi connectivity index (χ4n) is 1.85. The molecule has 0 aliphatic carbocycles. The van der Waals surface area contributed by atoms with Crippen molar-refractivity contribution >= 4 is 33.2 Å². The van der Waals surface area contributed by atoms with Crippen molar-refractivity contribution in [3.8, 4) is 0 Å². The van der Waals surface area contributed by atoms with E-state index in [9.17, 15) is 4.79 Å². The van der Waals surface area contributed by atoms with Gasteiger partial charge in [-0.25, -0.2) is 0 Å². The Kier molecular flexibility index (Phi) is 3.19. The third-order valence-corrected chi connectivity index (χ3v) is 3.35. The zero-order valence-electron chi connectivity index (χ0n) is 9.48. The number of halogens is 1. The molecule has 0 aromatic heterocycles. The normalized spacial score (nSPS) is 20.3. The molecule has 1 aromatic carbocycles. The average Bonchev–Trinajstić information content (AvgIpc) is 2.58. The molecule has 0 saturated carbocycles. The van der Waals surface area contributed by atoms with Gasteiger partial charge in [0.25, 0.3) is 0 Å². The smallest absolute Gasteiger partial charge is 0.228 e. The molecule has 1 aliphatic rings. The number of alkyl halides is 1. The standard InChI is InChI=1S/C12H15BrN2O/c1-14(2)10-4-3-5-11(7-10)15-8-9(13)6-12(15)16/h3-5,7,9H,6,8H2,1-2H3. The van der Waals surface area contributed by atoms with Gasteiger partial charge in [0.15, 0.2) is 0 Å². The molecular weight excluding hydrogens is 268 g/mol. The topological polar surface area (TPSA) is 23.6 Å². The van der Waals surface area contributed by atoms with Crippen LogP contribution in [0.5, 0.6) is 0 Å². The van der Waals surface area contributed by atoms with Crippen molar-refractivity contribution in [3.05, 3.63) is 24.3 Å². The number of anilines is 2. The maximum atomic E-state index is 11.7. The first-order valence-electron chi connectivity index (χ1n) is 5.30. The van der Waals surface area contributed by atoms with Gasteiger partial charge in [-0.1, -0.05) is 22.0 Å². The summed E-state index contributed by atoms with van der Waals surface area (Å²) in [5, 5.41) is 0. The Labute approximate surface area is 104 Å². The lowest BCUT2D eigenvalue weighted by molar-refractivity contribution is -0.117. The van der Waals surface area contributed by atoms with Gasteiger partial charge in [-0.2, -0.15) is 0 Å². The van der Waals surface area contributed by atoms with Crippen LogP contribution in [0, 0.1) is 0 Å². The van der Waals surface area contributed by atoms with Gasteiger partial charge in [-0.05, 0) is 18.2 Å². The van der Waals surface area contributed by atoms with Gasteiger partial charge >= 0.3 is 0 Å². The molecule has 4 heteroatoms. The fourth-order valence-corrected chi connectivity index (χ4v) is 2.42. The molecule has 3 nitrogen and oxygen atoms in total. The quantitative estimate of drug-likeness (QED) is 0.777. The molecule has 1 atom stereocenters. The summed E-state index contributed by atoms with van der Waals surface area (Å²) in [5.74, 6) is 0.192. The molecule has 0 radical (unpaired) electrons. The SMILES string of the molecule is CN(C)c1cccc(N2CC(Br)CC2=O)c1. The first kappa shape index (κ1) is 11.5. The van der Waals surface area contributed by atoms with Crippen LogP contribution in [0.3, 0.4) is 0 Å². The van der Waals surface area contributed by atoms with Crippen molar-refractivity contribution in [3.63, 3.8) is 0 Å². The molecule has 1 amide bonds. The zero-order chi connectivity index (χ0) is 11.7. The molecule has 1 heterocycles. The molecular formula is C12H15BrN2O. The minimum atomic E-state index is 0.192. The summed E-state index contributed by atoms with van der Waals surface area (Å²) in [6.07, 6.45) is 0.589. The molecule has 0 spiro atoms. The third kappa shape index (κ3) is 2.21. The summed E-state index contributed by atoms with van der Waals surface area (Å²) in [4.78, 5) is 15.9. The van der Waals surface area contributed by atoms with Crippen LogP contribution in [-0.2, 0) is 4.79 Å². The van der Waals surface area contributed by atoms with Crippen molar-refractivity contribution in [2.45, 2.75) is 11.2 Å². The molecule has 0 N–H and O–H groups in total. The lowest BCUT2D eigenvalue weighted by atomic mass is 10.2. The lowest BCUT2D eigenvalue weighted by Crippen LogP contribution is -2.24. The van der Waals surface area contributed by atoms with E-state index in [0.29, 0.717) is 6.42 Å². The molecule has 1 unspecified atom stereocenters. The Morgan fingerprint density at radius 3 is 2.75 bits per heavy atom. The number of nitrogens with zero attached hydrogens (tertiary/aromatic N) is 2. The molecule has 16 heavy (non-hydrogen) atoms. The van der Waals surface area contributed by atoms with Gasteiger partial charge in [-0.3, -0.25) is 4.79 Å². The Hall–Kier alpha value is -1.03. The van der Waals surface area contributed by atoms with Crippen LogP contribution in [0.2, 0.25) is 0 Å². The van der Waals surface area contributed by atoms with Gasteiger partial charge in [0.1, 0.15) is 0 Å². The van der Waals surface area contributed by atoms with E-state index in [1.807, 2.05) is 48.2 Å². The second-order valence-corrected chi connectivity index (χ2v) is 5.51. The predicted molar refractivity (Wildman–Crippen MR) is 70.5 cm³/mol. The van der Waals surface area contributed by atoms with Gasteiger partial charge in [-0.15, -0.1) is 0 Å². The largest absolute Gasteiger partial charge is 0.378 e. The Morgan fingerprint density at radius 2 is 2.19 bits per heavy atom. The Morgan fingerprint density at radius 1 is 1.44 bits per heavy atom. The number of hydrogen-bond acceptors (Lipinski definition) is 2.